The number of hydrogen-bond acceptors (Lipinski definition) is 5. The quantitative estimate of drug-likeness (QED) is 0.673. The summed E-state index contributed by atoms with van der Waals surface area (Å²) in [5, 5.41) is 19.9. The summed E-state index contributed by atoms with van der Waals surface area (Å²) in [6.45, 7) is -0.972. The third-order valence-corrected chi connectivity index (χ3v) is 3.73. The van der Waals surface area contributed by atoms with Crippen molar-refractivity contribution in [2.75, 3.05) is 12.4 Å². The van der Waals surface area contributed by atoms with Crippen LogP contribution in [-0.2, 0) is 4.79 Å². The summed E-state index contributed by atoms with van der Waals surface area (Å²) in [6.07, 6.45) is 0.300. The van der Waals surface area contributed by atoms with Crippen molar-refractivity contribution in [3.63, 3.8) is 0 Å². The Labute approximate surface area is 147 Å². The van der Waals surface area contributed by atoms with Crippen molar-refractivity contribution in [2.45, 2.75) is 17.0 Å². The zero-order chi connectivity index (χ0) is 17.7. The van der Waals surface area contributed by atoms with Gasteiger partial charge in [0, 0.05) is 5.56 Å². The fourth-order valence-electron chi connectivity index (χ4n) is 2.09. The Morgan fingerprint density at radius 3 is 2.50 bits per heavy atom. The van der Waals surface area contributed by atoms with E-state index in [1.807, 2.05) is 0 Å². The minimum absolute atomic E-state index is 0.286. The van der Waals surface area contributed by atoms with E-state index in [0.717, 1.165) is 11.1 Å². The van der Waals surface area contributed by atoms with Crippen LogP contribution >= 0.6 is 23.2 Å². The second-order valence-corrected chi connectivity index (χ2v) is 6.10. The van der Waals surface area contributed by atoms with Crippen molar-refractivity contribution in [3.8, 4) is 11.1 Å². The number of hydrogen-bond donors (Lipinski definition) is 3. The molecule has 2 unspecified atom stereocenters. The van der Waals surface area contributed by atoms with Gasteiger partial charge in [-0.15, -0.1) is 5.10 Å². The van der Waals surface area contributed by atoms with Crippen LogP contribution in [0, 0.1) is 0 Å². The molecule has 4 N–H and O–H groups in total. The minimum Gasteiger partial charge on any atom is -0.386 e. The molecule has 0 spiro atoms. The van der Waals surface area contributed by atoms with E-state index in [4.69, 9.17) is 28.9 Å². The maximum absolute atomic E-state index is 13.1. The predicted octanol–water partition coefficient (Wildman–Crippen LogP) is 2.02. The first kappa shape index (κ1) is 18.4. The number of nitrogens with two attached hydrogens (primary N) is 1. The average molecular weight is 373 g/mol. The predicted molar refractivity (Wildman–Crippen MR) is 90.2 cm³/mol. The molecule has 0 saturated carbocycles. The lowest BCUT2D eigenvalue weighted by Crippen LogP contribution is -2.43. The van der Waals surface area contributed by atoms with E-state index >= 15 is 0 Å². The number of halogens is 3. The topological polar surface area (TPSA) is 101 Å². The largest absolute Gasteiger partial charge is 0.386 e. The van der Waals surface area contributed by atoms with Gasteiger partial charge in [-0.3, -0.25) is 4.79 Å². The summed E-state index contributed by atoms with van der Waals surface area (Å²) in [5.41, 5.74) is 7.57. The van der Waals surface area contributed by atoms with E-state index in [2.05, 4.69) is 15.5 Å². The molecule has 0 saturated heterocycles. The number of carbonyl (C=O) groups is 1. The maximum Gasteiger partial charge on any atom is 0.253 e. The van der Waals surface area contributed by atoms with Gasteiger partial charge in [-0.05, 0) is 17.2 Å². The Kier molecular flexibility index (Phi) is 6.30. The molecule has 0 aliphatic heterocycles. The van der Waals surface area contributed by atoms with E-state index in [1.54, 1.807) is 36.5 Å². The molecule has 2 rings (SSSR count). The van der Waals surface area contributed by atoms with Crippen molar-refractivity contribution >= 4 is 34.9 Å². The van der Waals surface area contributed by atoms with Crippen molar-refractivity contribution < 1.29 is 14.3 Å². The van der Waals surface area contributed by atoms with Crippen LogP contribution in [0.1, 0.15) is 11.7 Å². The molecule has 0 radical (unpaired) electrons. The van der Waals surface area contributed by atoms with E-state index in [-0.39, 0.29) is 5.82 Å². The summed E-state index contributed by atoms with van der Waals surface area (Å²) < 4.78 is 13.1. The third-order valence-electron chi connectivity index (χ3n) is 3.33. The average Bonchev–Trinajstić information content (AvgIpc) is 2.59. The number of aliphatic hydroxyl groups excluding tert-OH is 1. The van der Waals surface area contributed by atoms with Crippen molar-refractivity contribution in [3.05, 3.63) is 42.1 Å². The number of alkyl halides is 3. The molecule has 0 bridgehead atoms. The second-order valence-electron chi connectivity index (χ2n) is 5.01. The fraction of sp³-hybridized carbons (Fsp3) is 0.267. The van der Waals surface area contributed by atoms with E-state index < -0.39 is 29.6 Å². The molecule has 24 heavy (non-hydrogen) atoms. The number of amides is 1. The van der Waals surface area contributed by atoms with Crippen LogP contribution in [0.25, 0.3) is 11.1 Å². The molecule has 1 amide bonds. The molecule has 6 nitrogen and oxygen atoms in total. The lowest BCUT2D eigenvalue weighted by Gasteiger charge is -2.22. The number of aliphatic hydroxyl groups is 1. The molecular weight excluding hydrogens is 358 g/mol. The highest BCUT2D eigenvalue weighted by Crippen LogP contribution is 2.24. The van der Waals surface area contributed by atoms with E-state index in [1.165, 1.54) is 0 Å². The van der Waals surface area contributed by atoms with Gasteiger partial charge in [0.15, 0.2) is 4.84 Å². The van der Waals surface area contributed by atoms with Gasteiger partial charge in [-0.1, -0.05) is 47.5 Å². The fourth-order valence-corrected chi connectivity index (χ4v) is 2.22. The normalized spacial score (nSPS) is 13.5. The van der Waals surface area contributed by atoms with Crippen LogP contribution in [0.15, 0.2) is 36.5 Å². The van der Waals surface area contributed by atoms with Gasteiger partial charge < -0.3 is 16.2 Å². The Morgan fingerprint density at radius 2 is 1.96 bits per heavy atom. The highest BCUT2D eigenvalue weighted by Gasteiger charge is 2.25. The van der Waals surface area contributed by atoms with Gasteiger partial charge in [-0.25, -0.2) is 4.39 Å². The minimum atomic E-state index is -1.33. The van der Waals surface area contributed by atoms with Gasteiger partial charge in [0.05, 0.1) is 12.2 Å². The number of nitrogen functional groups attached to an aromatic ring is 1. The van der Waals surface area contributed by atoms with Crippen LogP contribution < -0.4 is 11.1 Å². The van der Waals surface area contributed by atoms with Gasteiger partial charge in [0.1, 0.15) is 18.6 Å². The smallest absolute Gasteiger partial charge is 0.253 e. The van der Waals surface area contributed by atoms with Crippen LogP contribution in [0.2, 0.25) is 0 Å². The van der Waals surface area contributed by atoms with Crippen LogP contribution in [0.4, 0.5) is 10.2 Å². The van der Waals surface area contributed by atoms with Crippen molar-refractivity contribution in [1.29, 1.82) is 0 Å². The molecule has 9 heteroatoms. The Bertz CT molecular complexity index is 700. The summed E-state index contributed by atoms with van der Waals surface area (Å²) in [6, 6.07) is 7.18. The highest BCUT2D eigenvalue weighted by atomic mass is 35.5. The van der Waals surface area contributed by atoms with Crippen LogP contribution in [0.3, 0.4) is 0 Å². The molecular formula is C15H15Cl2FN4O2. The zero-order valence-corrected chi connectivity index (χ0v) is 13.9. The summed E-state index contributed by atoms with van der Waals surface area (Å²) >= 11 is 10.8. The molecule has 2 atom stereocenters. The van der Waals surface area contributed by atoms with Crippen molar-refractivity contribution in [2.24, 2.45) is 0 Å². The van der Waals surface area contributed by atoms with E-state index in [0.29, 0.717) is 5.56 Å². The maximum atomic E-state index is 13.1. The summed E-state index contributed by atoms with van der Waals surface area (Å²) in [5.74, 6) is -0.483. The molecule has 0 fully saturated rings. The number of anilines is 1. The lowest BCUT2D eigenvalue weighted by atomic mass is 9.99. The van der Waals surface area contributed by atoms with Crippen molar-refractivity contribution in [1.82, 2.24) is 15.5 Å². The number of benzene rings is 1. The third kappa shape index (κ3) is 4.53. The number of carbonyl (C=O) groups excluding carboxylic acids is 1. The van der Waals surface area contributed by atoms with Crippen LogP contribution in [0.5, 0.6) is 0 Å². The molecule has 1 heterocycles. The van der Waals surface area contributed by atoms with Gasteiger partial charge in [-0.2, -0.15) is 5.10 Å². The first-order valence-corrected chi connectivity index (χ1v) is 7.80. The Hall–Kier alpha value is -1.96. The second kappa shape index (κ2) is 8.23. The highest BCUT2D eigenvalue weighted by molar-refractivity contribution is 6.53. The Balaban J connectivity index is 2.15. The number of nitrogens with zero attached hydrogens (tertiary/aromatic N) is 2. The Morgan fingerprint density at radius 1 is 1.29 bits per heavy atom. The van der Waals surface area contributed by atoms with Crippen LogP contribution in [-0.4, -0.2) is 38.8 Å². The first-order valence-electron chi connectivity index (χ1n) is 6.93. The van der Waals surface area contributed by atoms with Gasteiger partial charge in [0.2, 0.25) is 0 Å². The number of nitrogens with one attached hydrogen (secondary N) is 1. The molecule has 0 aliphatic rings. The molecule has 0 aliphatic carbocycles. The zero-order valence-electron chi connectivity index (χ0n) is 12.4. The SMILES string of the molecule is Nc1cc(-c2ccc(C(O)C(CF)NC(=O)C(Cl)Cl)cc2)cnn1. The number of rotatable bonds is 6. The van der Waals surface area contributed by atoms with E-state index in [9.17, 15) is 14.3 Å². The lowest BCUT2D eigenvalue weighted by molar-refractivity contribution is -0.121. The summed E-state index contributed by atoms with van der Waals surface area (Å²) in [4.78, 5) is 10.1. The van der Waals surface area contributed by atoms with Gasteiger partial charge >= 0.3 is 0 Å². The summed E-state index contributed by atoms with van der Waals surface area (Å²) in [7, 11) is 0. The van der Waals surface area contributed by atoms with Gasteiger partial charge in [0.25, 0.3) is 5.91 Å². The first-order chi connectivity index (χ1) is 11.4. The monoisotopic (exact) mass is 372 g/mol. The standard InChI is InChI=1S/C15H15Cl2FN4O2/c16-14(17)15(24)21-11(6-18)13(23)9-3-1-8(2-4-9)10-5-12(19)22-20-7-10/h1-5,7,11,13-14,23H,6H2,(H2,19,22)(H,21,24). The molecule has 128 valence electrons. The molecule has 2 aromatic rings. The molecule has 1 aromatic carbocycles. The molecule has 1 aromatic heterocycles. The number of aromatic nitrogens is 2.